The van der Waals surface area contributed by atoms with Crippen LogP contribution < -0.4 is 9.88 Å². The Bertz CT molecular complexity index is 905. The second kappa shape index (κ2) is 8.11. The van der Waals surface area contributed by atoms with Crippen molar-refractivity contribution < 1.29 is 26.7 Å². The van der Waals surface area contributed by atoms with Crippen molar-refractivity contribution >= 4 is 31.9 Å². The molecule has 0 aromatic heterocycles. The van der Waals surface area contributed by atoms with E-state index in [4.69, 9.17) is 5.14 Å². The molecular weight excluding hydrogens is 434 g/mol. The molecule has 0 heterocycles. The molecule has 0 atom stereocenters. The second-order valence-electron chi connectivity index (χ2n) is 5.37. The number of rotatable bonds is 6. The zero-order chi connectivity index (χ0) is 19.5. The van der Waals surface area contributed by atoms with Crippen LogP contribution in [0.15, 0.2) is 51.8 Å². The maximum absolute atomic E-state index is 12.6. The van der Waals surface area contributed by atoms with E-state index in [1.807, 2.05) is 0 Å². The molecule has 0 bridgehead atoms. The van der Waals surface area contributed by atoms with Crippen LogP contribution in [0, 0.1) is 0 Å². The standard InChI is InChI=1S/C16H15BrF2N2O4S/c1-21(9-10-2-4-11(5-3-10)25-16(18)19)15(22)13-8-12(26(20,23)24)6-7-14(13)17/h2-8,16H,9H2,1H3,(H2,20,23,24). The highest BCUT2D eigenvalue weighted by molar-refractivity contribution is 9.10. The summed E-state index contributed by atoms with van der Waals surface area (Å²) >= 11 is 3.21. The SMILES string of the molecule is CN(Cc1ccc(OC(F)F)cc1)C(=O)c1cc(S(N)(=O)=O)ccc1Br. The number of sulfonamides is 1. The first-order valence-corrected chi connectivity index (χ1v) is 9.53. The summed E-state index contributed by atoms with van der Waals surface area (Å²) in [7, 11) is -2.41. The average Bonchev–Trinajstić information content (AvgIpc) is 2.55. The van der Waals surface area contributed by atoms with Crippen molar-refractivity contribution in [3.8, 4) is 5.75 Å². The summed E-state index contributed by atoms with van der Waals surface area (Å²) in [6.07, 6.45) is 0. The molecule has 0 saturated carbocycles. The second-order valence-corrected chi connectivity index (χ2v) is 7.79. The highest BCUT2D eigenvalue weighted by Crippen LogP contribution is 2.23. The summed E-state index contributed by atoms with van der Waals surface area (Å²) in [6, 6.07) is 9.76. The van der Waals surface area contributed by atoms with Crippen molar-refractivity contribution in [1.82, 2.24) is 4.90 Å². The number of carbonyl (C=O) groups excluding carboxylic acids is 1. The molecule has 0 aliphatic heterocycles. The van der Waals surface area contributed by atoms with E-state index >= 15 is 0 Å². The van der Waals surface area contributed by atoms with Gasteiger partial charge in [-0.15, -0.1) is 0 Å². The van der Waals surface area contributed by atoms with Gasteiger partial charge in [-0.25, -0.2) is 13.6 Å². The largest absolute Gasteiger partial charge is 0.435 e. The molecule has 6 nitrogen and oxygen atoms in total. The predicted octanol–water partition coefficient (Wildman–Crippen LogP) is 2.97. The fourth-order valence-corrected chi connectivity index (χ4v) is 3.13. The third-order valence-electron chi connectivity index (χ3n) is 3.41. The molecule has 0 radical (unpaired) electrons. The van der Waals surface area contributed by atoms with E-state index in [1.54, 1.807) is 12.1 Å². The van der Waals surface area contributed by atoms with Gasteiger partial charge in [0.15, 0.2) is 0 Å². The summed E-state index contributed by atoms with van der Waals surface area (Å²) in [4.78, 5) is 13.8. The molecule has 0 saturated heterocycles. The zero-order valence-electron chi connectivity index (χ0n) is 13.5. The molecule has 0 spiro atoms. The molecule has 0 aliphatic carbocycles. The van der Waals surface area contributed by atoms with Gasteiger partial charge in [0, 0.05) is 18.1 Å². The number of halogens is 3. The lowest BCUT2D eigenvalue weighted by molar-refractivity contribution is -0.0498. The Labute approximate surface area is 157 Å². The van der Waals surface area contributed by atoms with Crippen molar-refractivity contribution in [2.75, 3.05) is 7.05 Å². The van der Waals surface area contributed by atoms with Gasteiger partial charge in [0.25, 0.3) is 5.91 Å². The number of nitrogens with two attached hydrogens (primary N) is 1. The van der Waals surface area contributed by atoms with Gasteiger partial charge < -0.3 is 9.64 Å². The number of benzene rings is 2. The Hall–Kier alpha value is -2.04. The Balaban J connectivity index is 2.17. The maximum atomic E-state index is 12.6. The third-order valence-corrected chi connectivity index (χ3v) is 5.01. The number of carbonyl (C=O) groups is 1. The number of hydrogen-bond acceptors (Lipinski definition) is 4. The minimum absolute atomic E-state index is 0.0151. The van der Waals surface area contributed by atoms with Crippen molar-refractivity contribution in [3.63, 3.8) is 0 Å². The topological polar surface area (TPSA) is 89.7 Å². The van der Waals surface area contributed by atoms with Crippen molar-refractivity contribution in [3.05, 3.63) is 58.1 Å². The van der Waals surface area contributed by atoms with Gasteiger partial charge in [0.1, 0.15) is 5.75 Å². The maximum Gasteiger partial charge on any atom is 0.387 e. The molecule has 2 aromatic carbocycles. The minimum Gasteiger partial charge on any atom is -0.435 e. The quantitative estimate of drug-likeness (QED) is 0.735. The summed E-state index contributed by atoms with van der Waals surface area (Å²) < 4.78 is 51.9. The van der Waals surface area contributed by atoms with E-state index in [9.17, 15) is 22.0 Å². The Morgan fingerprint density at radius 1 is 1.23 bits per heavy atom. The number of ether oxygens (including phenoxy) is 1. The number of primary sulfonamides is 1. The smallest absolute Gasteiger partial charge is 0.387 e. The van der Waals surface area contributed by atoms with Gasteiger partial charge in [-0.3, -0.25) is 4.79 Å². The van der Waals surface area contributed by atoms with Crippen LogP contribution in [0.3, 0.4) is 0 Å². The summed E-state index contributed by atoms with van der Waals surface area (Å²) in [5.41, 5.74) is 0.817. The molecule has 0 fully saturated rings. The normalized spacial score (nSPS) is 11.5. The third kappa shape index (κ3) is 5.23. The molecular formula is C16H15BrF2N2O4S. The molecule has 10 heteroatoms. The Morgan fingerprint density at radius 2 is 1.85 bits per heavy atom. The summed E-state index contributed by atoms with van der Waals surface area (Å²) in [5.74, 6) is -0.420. The molecule has 2 rings (SSSR count). The van der Waals surface area contributed by atoms with Crippen LogP contribution >= 0.6 is 15.9 Å². The van der Waals surface area contributed by atoms with E-state index in [1.165, 1.54) is 42.3 Å². The van der Waals surface area contributed by atoms with Crippen LogP contribution in [0.25, 0.3) is 0 Å². The van der Waals surface area contributed by atoms with Gasteiger partial charge in [-0.05, 0) is 51.8 Å². The number of alkyl halides is 2. The van der Waals surface area contributed by atoms with E-state index in [-0.39, 0.29) is 22.8 Å². The van der Waals surface area contributed by atoms with Crippen LogP contribution in [0.4, 0.5) is 8.78 Å². The van der Waals surface area contributed by atoms with Crippen molar-refractivity contribution in [1.29, 1.82) is 0 Å². The first-order chi connectivity index (χ1) is 12.1. The van der Waals surface area contributed by atoms with E-state index in [2.05, 4.69) is 20.7 Å². The van der Waals surface area contributed by atoms with Gasteiger partial charge in [-0.2, -0.15) is 8.78 Å². The number of amides is 1. The first-order valence-electron chi connectivity index (χ1n) is 7.19. The molecule has 0 unspecified atom stereocenters. The lowest BCUT2D eigenvalue weighted by atomic mass is 10.1. The van der Waals surface area contributed by atoms with E-state index < -0.39 is 22.5 Å². The average molecular weight is 449 g/mol. The number of hydrogen-bond donors (Lipinski definition) is 1. The van der Waals surface area contributed by atoms with E-state index in [0.717, 1.165) is 0 Å². The molecule has 0 aliphatic rings. The van der Waals surface area contributed by atoms with E-state index in [0.29, 0.717) is 10.0 Å². The highest BCUT2D eigenvalue weighted by Gasteiger charge is 2.19. The molecule has 1 amide bonds. The van der Waals surface area contributed by atoms with Gasteiger partial charge >= 0.3 is 6.61 Å². The van der Waals surface area contributed by atoms with Crippen LogP contribution in [0.1, 0.15) is 15.9 Å². The van der Waals surface area contributed by atoms with Gasteiger partial charge in [-0.1, -0.05) is 12.1 Å². The van der Waals surface area contributed by atoms with Gasteiger partial charge in [0.05, 0.1) is 10.5 Å². The molecule has 2 N–H and O–H groups in total. The lowest BCUT2D eigenvalue weighted by Crippen LogP contribution is -2.27. The Kier molecular flexibility index (Phi) is 6.32. The number of nitrogens with zero attached hydrogens (tertiary/aromatic N) is 1. The highest BCUT2D eigenvalue weighted by atomic mass is 79.9. The van der Waals surface area contributed by atoms with Crippen LogP contribution in [0.5, 0.6) is 5.75 Å². The fourth-order valence-electron chi connectivity index (χ4n) is 2.17. The van der Waals surface area contributed by atoms with Gasteiger partial charge in [0.2, 0.25) is 10.0 Å². The fraction of sp³-hybridized carbons (Fsp3) is 0.188. The minimum atomic E-state index is -3.94. The van der Waals surface area contributed by atoms with Crippen LogP contribution in [-0.4, -0.2) is 32.9 Å². The summed E-state index contributed by atoms with van der Waals surface area (Å²) in [6.45, 7) is -2.73. The Morgan fingerprint density at radius 3 is 2.38 bits per heavy atom. The zero-order valence-corrected chi connectivity index (χ0v) is 15.9. The summed E-state index contributed by atoms with van der Waals surface area (Å²) in [5, 5.41) is 5.09. The van der Waals surface area contributed by atoms with Crippen LogP contribution in [0.2, 0.25) is 0 Å². The first kappa shape index (κ1) is 20.3. The predicted molar refractivity (Wildman–Crippen MR) is 94.4 cm³/mol. The monoisotopic (exact) mass is 448 g/mol. The molecule has 140 valence electrons. The van der Waals surface area contributed by atoms with Crippen molar-refractivity contribution in [2.24, 2.45) is 5.14 Å². The van der Waals surface area contributed by atoms with Crippen molar-refractivity contribution in [2.45, 2.75) is 18.1 Å². The molecule has 2 aromatic rings. The lowest BCUT2D eigenvalue weighted by Gasteiger charge is -2.19. The van der Waals surface area contributed by atoms with Crippen LogP contribution in [-0.2, 0) is 16.6 Å². The molecule has 26 heavy (non-hydrogen) atoms.